The molecule has 1 amide bonds. The molecular formula is C31H29NO5. The summed E-state index contributed by atoms with van der Waals surface area (Å²) in [7, 11) is 3.13. The fourth-order valence-electron chi connectivity index (χ4n) is 4.25. The molecule has 0 saturated heterocycles. The van der Waals surface area contributed by atoms with E-state index >= 15 is 0 Å². The SMILES string of the molecule is COc1cc(C(=O)N(Cc2ccc(CC(=O)O)cc2)c2cccc(-c3ccccc3)c2)cc(OC)c1C. The number of carbonyl (C=O) groups is 2. The van der Waals surface area contributed by atoms with Crippen molar-refractivity contribution in [1.82, 2.24) is 0 Å². The second kappa shape index (κ2) is 11.4. The van der Waals surface area contributed by atoms with Crippen LogP contribution in [-0.4, -0.2) is 31.2 Å². The first-order valence-electron chi connectivity index (χ1n) is 11.9. The van der Waals surface area contributed by atoms with E-state index in [1.54, 1.807) is 43.4 Å². The fourth-order valence-corrected chi connectivity index (χ4v) is 4.25. The molecule has 0 heterocycles. The molecular weight excluding hydrogens is 466 g/mol. The zero-order valence-corrected chi connectivity index (χ0v) is 21.1. The normalized spacial score (nSPS) is 10.6. The maximum absolute atomic E-state index is 14.0. The van der Waals surface area contributed by atoms with E-state index in [0.29, 0.717) is 29.2 Å². The standard InChI is InChI=1S/C31H29NO5/c1-21-28(36-2)18-26(19-29(21)37-3)31(35)32(20-23-14-12-22(13-15-23)16-30(33)34)27-11-7-10-25(17-27)24-8-5-4-6-9-24/h4-15,17-19H,16,20H2,1-3H3,(H,33,34). The highest BCUT2D eigenvalue weighted by atomic mass is 16.5. The summed E-state index contributed by atoms with van der Waals surface area (Å²) in [5.74, 6) is 0.0402. The van der Waals surface area contributed by atoms with Crippen LogP contribution in [0.1, 0.15) is 27.0 Å². The predicted octanol–water partition coefficient (Wildman–Crippen LogP) is 6.15. The zero-order chi connectivity index (χ0) is 26.4. The van der Waals surface area contributed by atoms with Crippen LogP contribution in [0.15, 0.2) is 91.0 Å². The monoisotopic (exact) mass is 495 g/mol. The molecule has 1 N–H and O–H groups in total. The van der Waals surface area contributed by atoms with E-state index in [1.165, 1.54) is 0 Å². The van der Waals surface area contributed by atoms with Crippen LogP contribution in [0.4, 0.5) is 5.69 Å². The van der Waals surface area contributed by atoms with Crippen LogP contribution in [-0.2, 0) is 17.8 Å². The average molecular weight is 496 g/mol. The van der Waals surface area contributed by atoms with E-state index in [2.05, 4.69) is 0 Å². The number of rotatable bonds is 9. The van der Waals surface area contributed by atoms with Crippen molar-refractivity contribution in [2.24, 2.45) is 0 Å². The zero-order valence-electron chi connectivity index (χ0n) is 21.1. The van der Waals surface area contributed by atoms with Crippen LogP contribution in [0.2, 0.25) is 0 Å². The van der Waals surface area contributed by atoms with Crippen molar-refractivity contribution in [2.45, 2.75) is 19.9 Å². The highest BCUT2D eigenvalue weighted by molar-refractivity contribution is 6.07. The number of carbonyl (C=O) groups excluding carboxylic acids is 1. The van der Waals surface area contributed by atoms with Gasteiger partial charge < -0.3 is 19.5 Å². The van der Waals surface area contributed by atoms with Crippen LogP contribution >= 0.6 is 0 Å². The number of benzene rings is 4. The first-order valence-corrected chi connectivity index (χ1v) is 11.9. The Bertz CT molecular complexity index is 1370. The minimum absolute atomic E-state index is 0.0506. The predicted molar refractivity (Wildman–Crippen MR) is 144 cm³/mol. The van der Waals surface area contributed by atoms with E-state index in [0.717, 1.165) is 27.9 Å². The Labute approximate surface area is 216 Å². The smallest absolute Gasteiger partial charge is 0.307 e. The van der Waals surface area contributed by atoms with Gasteiger partial charge in [-0.2, -0.15) is 0 Å². The lowest BCUT2D eigenvalue weighted by molar-refractivity contribution is -0.136. The lowest BCUT2D eigenvalue weighted by Crippen LogP contribution is -2.30. The molecule has 0 spiro atoms. The molecule has 0 atom stereocenters. The van der Waals surface area contributed by atoms with Gasteiger partial charge in [0.05, 0.1) is 27.2 Å². The third-order valence-corrected chi connectivity index (χ3v) is 6.23. The quantitative estimate of drug-likeness (QED) is 0.301. The lowest BCUT2D eigenvalue weighted by atomic mass is 10.0. The number of aliphatic carboxylic acids is 1. The van der Waals surface area contributed by atoms with Crippen molar-refractivity contribution in [2.75, 3.05) is 19.1 Å². The molecule has 6 nitrogen and oxygen atoms in total. The van der Waals surface area contributed by atoms with Crippen molar-refractivity contribution >= 4 is 17.6 Å². The molecule has 188 valence electrons. The molecule has 37 heavy (non-hydrogen) atoms. The van der Waals surface area contributed by atoms with Gasteiger partial charge in [0.15, 0.2) is 0 Å². The molecule has 0 aliphatic heterocycles. The average Bonchev–Trinajstić information content (AvgIpc) is 2.92. The van der Waals surface area contributed by atoms with Gasteiger partial charge in [0.25, 0.3) is 5.91 Å². The molecule has 6 heteroatoms. The summed E-state index contributed by atoms with van der Waals surface area (Å²) in [5, 5.41) is 9.08. The number of amides is 1. The molecule has 0 aliphatic rings. The van der Waals surface area contributed by atoms with Crippen LogP contribution in [0.5, 0.6) is 11.5 Å². The second-order valence-corrected chi connectivity index (χ2v) is 8.70. The van der Waals surface area contributed by atoms with Crippen LogP contribution in [0.25, 0.3) is 11.1 Å². The minimum atomic E-state index is -0.885. The Kier molecular flexibility index (Phi) is 7.89. The maximum Gasteiger partial charge on any atom is 0.307 e. The minimum Gasteiger partial charge on any atom is -0.496 e. The Morgan fingerprint density at radius 1 is 0.757 bits per heavy atom. The summed E-state index contributed by atoms with van der Waals surface area (Å²) in [4.78, 5) is 26.8. The highest BCUT2D eigenvalue weighted by Gasteiger charge is 2.22. The summed E-state index contributed by atoms with van der Waals surface area (Å²) < 4.78 is 11.0. The third kappa shape index (κ3) is 5.98. The molecule has 4 rings (SSSR count). The van der Waals surface area contributed by atoms with Gasteiger partial charge in [0.1, 0.15) is 11.5 Å². The topological polar surface area (TPSA) is 76.1 Å². The fraction of sp³-hybridized carbons (Fsp3) is 0.161. The van der Waals surface area contributed by atoms with Gasteiger partial charge in [-0.15, -0.1) is 0 Å². The molecule has 0 aromatic heterocycles. The number of hydrogen-bond acceptors (Lipinski definition) is 4. The first kappa shape index (κ1) is 25.5. The van der Waals surface area contributed by atoms with E-state index in [-0.39, 0.29) is 12.3 Å². The number of anilines is 1. The van der Waals surface area contributed by atoms with Gasteiger partial charge in [-0.1, -0.05) is 66.7 Å². The second-order valence-electron chi connectivity index (χ2n) is 8.70. The summed E-state index contributed by atoms with van der Waals surface area (Å²) >= 11 is 0. The first-order chi connectivity index (χ1) is 17.9. The molecule has 4 aromatic carbocycles. The van der Waals surface area contributed by atoms with Gasteiger partial charge in [0.2, 0.25) is 0 Å². The lowest BCUT2D eigenvalue weighted by Gasteiger charge is -2.25. The summed E-state index contributed by atoms with van der Waals surface area (Å²) in [5.41, 5.74) is 5.60. The summed E-state index contributed by atoms with van der Waals surface area (Å²) in [6.07, 6.45) is -0.0506. The Morgan fingerprint density at radius 3 is 1.95 bits per heavy atom. The van der Waals surface area contributed by atoms with Crippen molar-refractivity contribution in [3.63, 3.8) is 0 Å². The van der Waals surface area contributed by atoms with Crippen molar-refractivity contribution in [3.8, 4) is 22.6 Å². The molecule has 0 radical (unpaired) electrons. The third-order valence-electron chi connectivity index (χ3n) is 6.23. The van der Waals surface area contributed by atoms with Crippen molar-refractivity contribution < 1.29 is 24.2 Å². The summed E-state index contributed by atoms with van der Waals surface area (Å²) in [6, 6.07) is 28.6. The van der Waals surface area contributed by atoms with E-state index in [4.69, 9.17) is 14.6 Å². The Balaban J connectivity index is 1.76. The number of carboxylic acid groups (broad SMARTS) is 1. The number of nitrogens with zero attached hydrogens (tertiary/aromatic N) is 1. The largest absolute Gasteiger partial charge is 0.496 e. The van der Waals surface area contributed by atoms with E-state index in [1.807, 2.05) is 73.7 Å². The van der Waals surface area contributed by atoms with Crippen molar-refractivity contribution in [3.05, 3.63) is 113 Å². The number of ether oxygens (including phenoxy) is 2. The molecule has 0 fully saturated rings. The highest BCUT2D eigenvalue weighted by Crippen LogP contribution is 2.32. The van der Waals surface area contributed by atoms with Gasteiger partial charge in [-0.25, -0.2) is 0 Å². The summed E-state index contributed by atoms with van der Waals surface area (Å²) in [6.45, 7) is 2.18. The molecule has 0 unspecified atom stereocenters. The molecule has 0 saturated carbocycles. The Morgan fingerprint density at radius 2 is 1.35 bits per heavy atom. The number of hydrogen-bond donors (Lipinski definition) is 1. The van der Waals surface area contributed by atoms with Gasteiger partial charge in [0, 0.05) is 16.8 Å². The number of methoxy groups -OCH3 is 2. The van der Waals surface area contributed by atoms with E-state index < -0.39 is 5.97 Å². The Hall–Kier alpha value is -4.58. The number of carboxylic acids is 1. The molecule has 4 aromatic rings. The van der Waals surface area contributed by atoms with Crippen LogP contribution in [0, 0.1) is 6.92 Å². The maximum atomic E-state index is 14.0. The van der Waals surface area contributed by atoms with Gasteiger partial charge in [-0.3, -0.25) is 9.59 Å². The van der Waals surface area contributed by atoms with Gasteiger partial charge >= 0.3 is 5.97 Å². The molecule has 0 aliphatic carbocycles. The van der Waals surface area contributed by atoms with Crippen LogP contribution < -0.4 is 14.4 Å². The van der Waals surface area contributed by atoms with Crippen LogP contribution in [0.3, 0.4) is 0 Å². The van der Waals surface area contributed by atoms with E-state index in [9.17, 15) is 9.59 Å². The van der Waals surface area contributed by atoms with Gasteiger partial charge in [-0.05, 0) is 53.4 Å². The molecule has 0 bridgehead atoms. The van der Waals surface area contributed by atoms with Crippen molar-refractivity contribution in [1.29, 1.82) is 0 Å².